The number of rotatable bonds is 6. The van der Waals surface area contributed by atoms with Crippen molar-refractivity contribution >= 4 is 40.5 Å². The van der Waals surface area contributed by atoms with Gasteiger partial charge in [0.2, 0.25) is 5.91 Å². The number of urea groups is 1. The molecule has 4 aromatic rings. The molecule has 182 valence electrons. The van der Waals surface area contributed by atoms with E-state index >= 15 is 0 Å². The van der Waals surface area contributed by atoms with Crippen molar-refractivity contribution in [1.82, 2.24) is 14.8 Å². The first kappa shape index (κ1) is 23.6. The first-order valence-electron chi connectivity index (χ1n) is 11.7. The molecule has 3 aromatic carbocycles. The molecule has 0 radical (unpaired) electrons. The monoisotopic (exact) mass is 489 g/mol. The molecule has 8 nitrogen and oxygen atoms in total. The molecule has 0 aliphatic carbocycles. The highest BCUT2D eigenvalue weighted by Crippen LogP contribution is 2.26. The van der Waals surface area contributed by atoms with E-state index in [0.29, 0.717) is 17.8 Å². The van der Waals surface area contributed by atoms with Gasteiger partial charge in [-0.25, -0.2) is 9.69 Å². The summed E-state index contributed by atoms with van der Waals surface area (Å²) < 4.78 is 2.01. The zero-order valence-corrected chi connectivity index (χ0v) is 20.1. The second-order valence-corrected chi connectivity index (χ2v) is 8.79. The van der Waals surface area contributed by atoms with Crippen LogP contribution in [0.4, 0.5) is 10.5 Å². The van der Waals surface area contributed by atoms with Gasteiger partial charge >= 0.3 is 6.03 Å². The van der Waals surface area contributed by atoms with Gasteiger partial charge in [-0.05, 0) is 42.8 Å². The fourth-order valence-electron chi connectivity index (χ4n) is 4.32. The molecule has 37 heavy (non-hydrogen) atoms. The Bertz CT molecular complexity index is 1610. The molecule has 5 rings (SSSR count). The smallest absolute Gasteiger partial charge is 0.329 e. The summed E-state index contributed by atoms with van der Waals surface area (Å²) in [5.41, 5.74) is 4.86. The number of nitrogens with one attached hydrogen (secondary N) is 2. The van der Waals surface area contributed by atoms with Crippen LogP contribution < -0.4 is 10.6 Å². The molecule has 8 heteroatoms. The topological polar surface area (TPSA) is 107 Å². The van der Waals surface area contributed by atoms with Crippen molar-refractivity contribution < 1.29 is 14.4 Å². The van der Waals surface area contributed by atoms with Crippen LogP contribution in [-0.2, 0) is 16.1 Å². The SMILES string of the molecule is Cc1ccc(NC(=O)CN2C(=O)N/C(=C\c3cn(Cc4ccccc4C#N)c4ccccc34)C2=O)cc1. The highest BCUT2D eigenvalue weighted by atomic mass is 16.2. The number of amides is 4. The molecule has 1 fully saturated rings. The molecule has 1 aliphatic rings. The Morgan fingerprint density at radius 1 is 1.03 bits per heavy atom. The number of hydrogen-bond acceptors (Lipinski definition) is 4. The number of aromatic nitrogens is 1. The fraction of sp³-hybridized carbons (Fsp3) is 0.103. The highest BCUT2D eigenvalue weighted by molar-refractivity contribution is 6.16. The first-order chi connectivity index (χ1) is 17.9. The van der Waals surface area contributed by atoms with E-state index in [-0.39, 0.29) is 5.70 Å². The average molecular weight is 490 g/mol. The van der Waals surface area contributed by atoms with Crippen LogP contribution in [-0.4, -0.2) is 33.9 Å². The minimum atomic E-state index is -0.651. The summed E-state index contributed by atoms with van der Waals surface area (Å²) in [6.45, 7) is 2.01. The number of hydrogen-bond donors (Lipinski definition) is 2. The number of nitrogens with zero attached hydrogens (tertiary/aromatic N) is 3. The Morgan fingerprint density at radius 2 is 1.76 bits per heavy atom. The van der Waals surface area contributed by atoms with Crippen LogP contribution in [0.25, 0.3) is 17.0 Å². The molecule has 0 bridgehead atoms. The maximum atomic E-state index is 13.0. The van der Waals surface area contributed by atoms with Crippen molar-refractivity contribution in [2.45, 2.75) is 13.5 Å². The van der Waals surface area contributed by atoms with Crippen molar-refractivity contribution in [3.05, 3.63) is 107 Å². The molecule has 0 saturated carbocycles. The lowest BCUT2D eigenvalue weighted by atomic mass is 10.1. The van der Waals surface area contributed by atoms with Gasteiger partial charge in [0.15, 0.2) is 0 Å². The lowest BCUT2D eigenvalue weighted by Crippen LogP contribution is -2.38. The number of imide groups is 1. The van der Waals surface area contributed by atoms with Crippen molar-refractivity contribution in [3.8, 4) is 6.07 Å². The number of benzene rings is 3. The van der Waals surface area contributed by atoms with Gasteiger partial charge in [0.05, 0.1) is 11.6 Å². The minimum absolute atomic E-state index is 0.0912. The van der Waals surface area contributed by atoms with E-state index in [2.05, 4.69) is 16.7 Å². The van der Waals surface area contributed by atoms with E-state index in [1.165, 1.54) is 0 Å². The Morgan fingerprint density at radius 3 is 2.54 bits per heavy atom. The van der Waals surface area contributed by atoms with Crippen LogP contribution in [0.2, 0.25) is 0 Å². The zero-order chi connectivity index (χ0) is 25.9. The fourth-order valence-corrected chi connectivity index (χ4v) is 4.32. The highest BCUT2D eigenvalue weighted by Gasteiger charge is 2.35. The van der Waals surface area contributed by atoms with E-state index < -0.39 is 24.4 Å². The quantitative estimate of drug-likeness (QED) is 0.309. The molecule has 1 aromatic heterocycles. The number of aryl methyl sites for hydroxylation is 1. The lowest BCUT2D eigenvalue weighted by Gasteiger charge is -2.12. The van der Waals surface area contributed by atoms with Gasteiger partial charge in [0, 0.05) is 34.9 Å². The molecule has 0 atom stereocenters. The molecule has 2 N–H and O–H groups in total. The number of carbonyl (C=O) groups excluding carboxylic acids is 3. The summed E-state index contributed by atoms with van der Waals surface area (Å²) in [4.78, 5) is 38.9. The molecular weight excluding hydrogens is 466 g/mol. The molecule has 0 unspecified atom stereocenters. The van der Waals surface area contributed by atoms with Crippen LogP contribution in [0.1, 0.15) is 22.3 Å². The number of fused-ring (bicyclic) bond motifs is 1. The predicted molar refractivity (Wildman–Crippen MR) is 140 cm³/mol. The van der Waals surface area contributed by atoms with Crippen LogP contribution >= 0.6 is 0 Å². The maximum absolute atomic E-state index is 13.0. The van der Waals surface area contributed by atoms with Crippen LogP contribution in [0.3, 0.4) is 0 Å². The summed E-state index contributed by atoms with van der Waals surface area (Å²) >= 11 is 0. The molecule has 2 heterocycles. The average Bonchev–Trinajstić information content (AvgIpc) is 3.37. The number of carbonyl (C=O) groups is 3. The van der Waals surface area contributed by atoms with Gasteiger partial charge < -0.3 is 15.2 Å². The zero-order valence-electron chi connectivity index (χ0n) is 20.1. The van der Waals surface area contributed by atoms with Crippen molar-refractivity contribution in [3.63, 3.8) is 0 Å². The molecule has 1 aliphatic heterocycles. The van der Waals surface area contributed by atoms with E-state index in [9.17, 15) is 19.6 Å². The van der Waals surface area contributed by atoms with E-state index in [1.54, 1.807) is 24.3 Å². The molecule has 1 saturated heterocycles. The van der Waals surface area contributed by atoms with Crippen LogP contribution in [0.15, 0.2) is 84.7 Å². The second kappa shape index (κ2) is 9.84. The van der Waals surface area contributed by atoms with E-state index in [4.69, 9.17) is 0 Å². The van der Waals surface area contributed by atoms with Crippen molar-refractivity contribution in [2.75, 3.05) is 11.9 Å². The minimum Gasteiger partial charge on any atom is -0.342 e. The lowest BCUT2D eigenvalue weighted by molar-refractivity contribution is -0.127. The van der Waals surface area contributed by atoms with E-state index in [0.717, 1.165) is 32.5 Å². The second-order valence-electron chi connectivity index (χ2n) is 8.79. The van der Waals surface area contributed by atoms with Crippen molar-refractivity contribution in [2.24, 2.45) is 0 Å². The van der Waals surface area contributed by atoms with Gasteiger partial charge in [-0.15, -0.1) is 0 Å². The number of para-hydroxylation sites is 1. The summed E-state index contributed by atoms with van der Waals surface area (Å²) in [5.74, 6) is -1.04. The van der Waals surface area contributed by atoms with Gasteiger partial charge in [0.25, 0.3) is 5.91 Å². The van der Waals surface area contributed by atoms with Gasteiger partial charge in [-0.3, -0.25) is 9.59 Å². The van der Waals surface area contributed by atoms with Gasteiger partial charge in [-0.2, -0.15) is 5.26 Å². The number of anilines is 1. The summed E-state index contributed by atoms with van der Waals surface area (Å²) in [5, 5.41) is 15.6. The Kier molecular flexibility index (Phi) is 6.27. The summed E-state index contributed by atoms with van der Waals surface area (Å²) in [6, 6.07) is 23.9. The third kappa shape index (κ3) is 4.83. The first-order valence-corrected chi connectivity index (χ1v) is 11.7. The standard InChI is InChI=1S/C29H23N5O3/c1-19-10-12-23(13-11-19)31-27(35)18-34-28(36)25(32-29(34)37)14-22-17-33(26-9-5-4-8-24(22)26)16-21-7-3-2-6-20(21)15-30/h2-14,17H,16,18H2,1H3,(H,31,35)(H,32,37)/b25-14-. The Hall–Kier alpha value is -5.16. The third-order valence-electron chi connectivity index (χ3n) is 6.20. The third-order valence-corrected chi connectivity index (χ3v) is 6.20. The molecule has 0 spiro atoms. The Labute approximate surface area is 213 Å². The molecular formula is C29H23N5O3. The summed E-state index contributed by atoms with van der Waals surface area (Å²) in [7, 11) is 0. The normalized spacial score (nSPS) is 14.2. The predicted octanol–water partition coefficient (Wildman–Crippen LogP) is 4.40. The molecule has 4 amide bonds. The van der Waals surface area contributed by atoms with Crippen LogP contribution in [0, 0.1) is 18.3 Å². The summed E-state index contributed by atoms with van der Waals surface area (Å²) in [6.07, 6.45) is 3.51. The van der Waals surface area contributed by atoms with Crippen molar-refractivity contribution in [1.29, 1.82) is 5.26 Å². The van der Waals surface area contributed by atoms with E-state index in [1.807, 2.05) is 72.3 Å². The maximum Gasteiger partial charge on any atom is 0.329 e. The Balaban J connectivity index is 1.39. The number of nitriles is 1. The van der Waals surface area contributed by atoms with Gasteiger partial charge in [-0.1, -0.05) is 54.1 Å². The van der Waals surface area contributed by atoms with Gasteiger partial charge in [0.1, 0.15) is 12.2 Å². The largest absolute Gasteiger partial charge is 0.342 e. The van der Waals surface area contributed by atoms with Crippen LogP contribution in [0.5, 0.6) is 0 Å².